The third kappa shape index (κ3) is 2.54. The van der Waals surface area contributed by atoms with Crippen molar-refractivity contribution in [3.05, 3.63) is 17.5 Å². The van der Waals surface area contributed by atoms with Crippen molar-refractivity contribution in [2.45, 2.75) is 23.6 Å². The highest BCUT2D eigenvalue weighted by Crippen LogP contribution is 2.38. The van der Waals surface area contributed by atoms with Crippen LogP contribution >= 0.6 is 34.8 Å². The van der Waals surface area contributed by atoms with Crippen molar-refractivity contribution >= 4 is 34.8 Å². The summed E-state index contributed by atoms with van der Waals surface area (Å²) < 4.78 is 3.33. The Balaban J connectivity index is 2.77. The molecule has 0 saturated heterocycles. The van der Waals surface area contributed by atoms with Gasteiger partial charge in [-0.2, -0.15) is 0 Å². The van der Waals surface area contributed by atoms with E-state index in [1.54, 1.807) is 6.07 Å². The van der Waals surface area contributed by atoms with Gasteiger partial charge in [-0.25, -0.2) is 0 Å². The fourth-order valence-electron chi connectivity index (χ4n) is 0.819. The summed E-state index contributed by atoms with van der Waals surface area (Å²) in [5, 5.41) is 3.74. The van der Waals surface area contributed by atoms with Crippen LogP contribution in [-0.2, 0) is 10.2 Å². The molecule has 0 atom stereocenters. The molecular formula is C7H8Cl3NO. The molecule has 68 valence electrons. The van der Waals surface area contributed by atoms with E-state index in [1.165, 1.54) is 0 Å². The quantitative estimate of drug-likeness (QED) is 0.725. The summed E-state index contributed by atoms with van der Waals surface area (Å²) in [6, 6.07) is 1.66. The first-order chi connectivity index (χ1) is 5.54. The normalized spacial score (nSPS) is 12.0. The number of aryl methyl sites for hydroxylation is 1. The fraction of sp³-hybridized carbons (Fsp3) is 0.571. The third-order valence-corrected chi connectivity index (χ3v) is 1.90. The van der Waals surface area contributed by atoms with Crippen LogP contribution in [-0.4, -0.2) is 5.16 Å². The van der Waals surface area contributed by atoms with E-state index in [-0.39, 0.29) is 5.76 Å². The van der Waals surface area contributed by atoms with Gasteiger partial charge in [0.25, 0.3) is 3.79 Å². The molecule has 0 aliphatic rings. The van der Waals surface area contributed by atoms with E-state index >= 15 is 0 Å². The van der Waals surface area contributed by atoms with E-state index in [0.717, 1.165) is 18.5 Å². The highest BCUT2D eigenvalue weighted by Gasteiger charge is 2.28. The van der Waals surface area contributed by atoms with Crippen LogP contribution in [0.3, 0.4) is 0 Å². The van der Waals surface area contributed by atoms with Gasteiger partial charge in [-0.3, -0.25) is 0 Å². The van der Waals surface area contributed by atoms with E-state index < -0.39 is 3.79 Å². The molecule has 1 rings (SSSR count). The van der Waals surface area contributed by atoms with Gasteiger partial charge in [0.05, 0.1) is 5.69 Å². The molecule has 12 heavy (non-hydrogen) atoms. The number of alkyl halides is 3. The molecule has 1 aromatic rings. The van der Waals surface area contributed by atoms with Gasteiger partial charge in [0.1, 0.15) is 0 Å². The van der Waals surface area contributed by atoms with E-state index in [1.807, 2.05) is 6.92 Å². The van der Waals surface area contributed by atoms with Gasteiger partial charge in [0.2, 0.25) is 0 Å². The molecule has 0 bridgehead atoms. The van der Waals surface area contributed by atoms with Crippen LogP contribution in [0, 0.1) is 0 Å². The average molecular weight is 229 g/mol. The minimum atomic E-state index is -1.50. The molecule has 0 fully saturated rings. The molecule has 0 aliphatic carbocycles. The van der Waals surface area contributed by atoms with E-state index in [2.05, 4.69) is 5.16 Å². The lowest BCUT2D eigenvalue weighted by molar-refractivity contribution is 0.380. The van der Waals surface area contributed by atoms with Crippen LogP contribution in [0.4, 0.5) is 0 Å². The highest BCUT2D eigenvalue weighted by molar-refractivity contribution is 6.66. The van der Waals surface area contributed by atoms with Crippen molar-refractivity contribution < 1.29 is 4.52 Å². The monoisotopic (exact) mass is 227 g/mol. The number of rotatable bonds is 2. The second-order valence-electron chi connectivity index (χ2n) is 2.43. The molecule has 5 heteroatoms. The maximum absolute atomic E-state index is 5.57. The Labute approximate surface area is 85.8 Å². The zero-order valence-electron chi connectivity index (χ0n) is 6.48. The second kappa shape index (κ2) is 3.86. The summed E-state index contributed by atoms with van der Waals surface area (Å²) in [6.07, 6.45) is 1.83. The second-order valence-corrected chi connectivity index (χ2v) is 4.71. The lowest BCUT2D eigenvalue weighted by atomic mass is 10.2. The first-order valence-corrected chi connectivity index (χ1v) is 4.70. The molecule has 0 unspecified atom stereocenters. The van der Waals surface area contributed by atoms with E-state index in [9.17, 15) is 0 Å². The number of aromatic nitrogens is 1. The van der Waals surface area contributed by atoms with Gasteiger partial charge in [-0.1, -0.05) is 53.3 Å². The summed E-state index contributed by atoms with van der Waals surface area (Å²) in [7, 11) is 0. The minimum absolute atomic E-state index is 0.274. The number of hydrogen-bond donors (Lipinski definition) is 0. The Morgan fingerprint density at radius 1 is 1.50 bits per heavy atom. The third-order valence-electron chi connectivity index (χ3n) is 1.34. The summed E-state index contributed by atoms with van der Waals surface area (Å²) in [5.74, 6) is 0.274. The Hall–Kier alpha value is 0.0800. The number of nitrogens with zero attached hydrogens (tertiary/aromatic N) is 1. The minimum Gasteiger partial charge on any atom is -0.356 e. The molecule has 0 radical (unpaired) electrons. The lowest BCUT2D eigenvalue weighted by Gasteiger charge is -2.02. The van der Waals surface area contributed by atoms with E-state index in [4.69, 9.17) is 39.3 Å². The summed E-state index contributed by atoms with van der Waals surface area (Å²) in [6.45, 7) is 2.05. The number of hydrogen-bond acceptors (Lipinski definition) is 2. The molecule has 1 aromatic heterocycles. The average Bonchev–Trinajstić information content (AvgIpc) is 2.35. The van der Waals surface area contributed by atoms with Crippen molar-refractivity contribution in [2.75, 3.05) is 0 Å². The first-order valence-electron chi connectivity index (χ1n) is 3.57. The molecule has 1 heterocycles. The zero-order valence-corrected chi connectivity index (χ0v) is 8.75. The molecular weight excluding hydrogens is 220 g/mol. The molecule has 0 aromatic carbocycles. The summed E-state index contributed by atoms with van der Waals surface area (Å²) >= 11 is 16.7. The van der Waals surface area contributed by atoms with Crippen molar-refractivity contribution in [3.63, 3.8) is 0 Å². The van der Waals surface area contributed by atoms with Crippen LogP contribution in [0.2, 0.25) is 0 Å². The van der Waals surface area contributed by atoms with Gasteiger partial charge in [-0.05, 0) is 6.42 Å². The predicted octanol–water partition coefficient (Wildman–Crippen LogP) is 3.45. The smallest absolute Gasteiger partial charge is 0.250 e. The van der Waals surface area contributed by atoms with Gasteiger partial charge < -0.3 is 4.52 Å². The van der Waals surface area contributed by atoms with Crippen LogP contribution in [0.25, 0.3) is 0 Å². The Morgan fingerprint density at radius 3 is 2.58 bits per heavy atom. The topological polar surface area (TPSA) is 26.0 Å². The Morgan fingerprint density at radius 2 is 2.17 bits per heavy atom. The fourth-order valence-corrected chi connectivity index (χ4v) is 1.09. The molecule has 0 amide bonds. The van der Waals surface area contributed by atoms with Gasteiger partial charge in [-0.15, -0.1) is 0 Å². The molecule has 2 nitrogen and oxygen atoms in total. The summed E-state index contributed by atoms with van der Waals surface area (Å²) in [5.41, 5.74) is 0.818. The largest absolute Gasteiger partial charge is 0.356 e. The maximum Gasteiger partial charge on any atom is 0.250 e. The highest BCUT2D eigenvalue weighted by atomic mass is 35.6. The van der Waals surface area contributed by atoms with Gasteiger partial charge in [0.15, 0.2) is 5.76 Å². The maximum atomic E-state index is 5.57. The lowest BCUT2D eigenvalue weighted by Crippen LogP contribution is -1.96. The predicted molar refractivity (Wildman–Crippen MR) is 49.7 cm³/mol. The van der Waals surface area contributed by atoms with Gasteiger partial charge in [0, 0.05) is 6.07 Å². The number of halogens is 3. The molecule has 0 N–H and O–H groups in total. The summed E-state index contributed by atoms with van der Waals surface area (Å²) in [4.78, 5) is 0. The Kier molecular flexibility index (Phi) is 3.27. The van der Waals surface area contributed by atoms with Crippen molar-refractivity contribution in [1.82, 2.24) is 5.16 Å². The standard InChI is InChI=1S/C7H8Cl3NO/c1-2-3-5-4-6(12-11-5)7(8,9)10/h4H,2-3H2,1H3. The first kappa shape index (κ1) is 10.2. The van der Waals surface area contributed by atoms with Crippen LogP contribution < -0.4 is 0 Å². The van der Waals surface area contributed by atoms with Crippen molar-refractivity contribution in [3.8, 4) is 0 Å². The molecule has 0 saturated carbocycles. The van der Waals surface area contributed by atoms with Crippen LogP contribution in [0.15, 0.2) is 10.6 Å². The van der Waals surface area contributed by atoms with Crippen molar-refractivity contribution in [1.29, 1.82) is 0 Å². The van der Waals surface area contributed by atoms with Crippen molar-refractivity contribution in [2.24, 2.45) is 0 Å². The van der Waals surface area contributed by atoms with Crippen LogP contribution in [0.1, 0.15) is 24.8 Å². The molecule has 0 spiro atoms. The zero-order chi connectivity index (χ0) is 9.19. The SMILES string of the molecule is CCCc1cc(C(Cl)(Cl)Cl)on1. The van der Waals surface area contributed by atoms with Crippen LogP contribution in [0.5, 0.6) is 0 Å². The molecule has 0 aliphatic heterocycles. The van der Waals surface area contributed by atoms with Gasteiger partial charge >= 0.3 is 0 Å². The van der Waals surface area contributed by atoms with E-state index in [0.29, 0.717) is 0 Å². The Bertz CT molecular complexity index is 253.